The number of hydrogen-bond donors (Lipinski definition) is 2. The van der Waals surface area contributed by atoms with E-state index in [0.717, 1.165) is 24.7 Å². The molecule has 0 unspecified atom stereocenters. The van der Waals surface area contributed by atoms with Crippen LogP contribution in [0.4, 0.5) is 0 Å². The second kappa shape index (κ2) is 6.71. The number of aromatic nitrogens is 2. The molecule has 0 bridgehead atoms. The van der Waals surface area contributed by atoms with Crippen molar-refractivity contribution in [3.63, 3.8) is 0 Å². The predicted molar refractivity (Wildman–Crippen MR) is 77.7 cm³/mol. The van der Waals surface area contributed by atoms with Gasteiger partial charge in [0.05, 0.1) is 16.8 Å². The lowest BCUT2D eigenvalue weighted by Gasteiger charge is -2.13. The van der Waals surface area contributed by atoms with Gasteiger partial charge in [0.2, 0.25) is 0 Å². The van der Waals surface area contributed by atoms with Gasteiger partial charge in [-0.25, -0.2) is 0 Å². The Bertz CT molecular complexity index is 443. The normalized spacial score (nSPS) is 11.3. The highest BCUT2D eigenvalue weighted by atomic mass is 32.1. The van der Waals surface area contributed by atoms with Crippen LogP contribution >= 0.6 is 11.3 Å². The van der Waals surface area contributed by atoms with E-state index in [1.54, 1.807) is 11.3 Å². The van der Waals surface area contributed by atoms with E-state index in [0.29, 0.717) is 0 Å². The van der Waals surface area contributed by atoms with Crippen molar-refractivity contribution in [2.75, 3.05) is 6.54 Å². The summed E-state index contributed by atoms with van der Waals surface area (Å²) in [4.78, 5) is 1.26. The minimum absolute atomic E-state index is 0.780. The molecule has 2 rings (SSSR count). The molecule has 0 fully saturated rings. The molecule has 0 aliphatic carbocycles. The van der Waals surface area contributed by atoms with Gasteiger partial charge in [-0.2, -0.15) is 5.10 Å². The maximum Gasteiger partial charge on any atom is 0.0794 e. The van der Waals surface area contributed by atoms with E-state index in [1.165, 1.54) is 23.3 Å². The van der Waals surface area contributed by atoms with E-state index >= 15 is 0 Å². The van der Waals surface area contributed by atoms with Gasteiger partial charge >= 0.3 is 0 Å². The van der Waals surface area contributed by atoms with Crippen LogP contribution in [0.25, 0.3) is 10.6 Å². The number of thiophene rings is 1. The Morgan fingerprint density at radius 2 is 2.22 bits per heavy atom. The van der Waals surface area contributed by atoms with Crippen molar-refractivity contribution >= 4 is 11.3 Å². The molecular formula is C14H21N3S. The fraction of sp³-hybridized carbons (Fsp3) is 0.500. The molecule has 4 heteroatoms. The van der Waals surface area contributed by atoms with Crippen molar-refractivity contribution in [1.29, 1.82) is 0 Å². The summed E-state index contributed by atoms with van der Waals surface area (Å²) in [5.74, 6) is 0.780. The third kappa shape index (κ3) is 3.21. The topological polar surface area (TPSA) is 40.7 Å². The largest absolute Gasteiger partial charge is 0.312 e. The average Bonchev–Trinajstić information content (AvgIpc) is 3.04. The number of H-pyrrole nitrogens is 1. The van der Waals surface area contributed by atoms with Gasteiger partial charge in [-0.1, -0.05) is 32.8 Å². The SMILES string of the molecule is CCC(CC)CNCc1cn[nH]c1-c1cccs1. The number of rotatable bonds is 7. The van der Waals surface area contributed by atoms with Crippen LogP contribution in [-0.4, -0.2) is 16.7 Å². The molecule has 0 aliphatic rings. The Balaban J connectivity index is 1.93. The van der Waals surface area contributed by atoms with E-state index in [-0.39, 0.29) is 0 Å². The molecule has 2 aromatic heterocycles. The first-order chi connectivity index (χ1) is 8.85. The van der Waals surface area contributed by atoms with Crippen LogP contribution in [0.5, 0.6) is 0 Å². The second-order valence-electron chi connectivity index (χ2n) is 4.56. The van der Waals surface area contributed by atoms with E-state index in [1.807, 2.05) is 6.20 Å². The molecule has 2 N–H and O–H groups in total. The average molecular weight is 263 g/mol. The Morgan fingerprint density at radius 3 is 2.89 bits per heavy atom. The zero-order valence-corrected chi connectivity index (χ0v) is 11.9. The molecule has 0 aromatic carbocycles. The molecule has 0 spiro atoms. The van der Waals surface area contributed by atoms with Crippen molar-refractivity contribution in [3.05, 3.63) is 29.3 Å². The van der Waals surface area contributed by atoms with Crippen molar-refractivity contribution < 1.29 is 0 Å². The summed E-state index contributed by atoms with van der Waals surface area (Å²) in [6.07, 6.45) is 4.41. The molecule has 0 saturated heterocycles. The van der Waals surface area contributed by atoms with Crippen LogP contribution in [0.3, 0.4) is 0 Å². The van der Waals surface area contributed by atoms with E-state index < -0.39 is 0 Å². The monoisotopic (exact) mass is 263 g/mol. The van der Waals surface area contributed by atoms with Gasteiger partial charge in [0.25, 0.3) is 0 Å². The van der Waals surface area contributed by atoms with Gasteiger partial charge in [-0.15, -0.1) is 11.3 Å². The third-order valence-corrected chi connectivity index (χ3v) is 4.28. The van der Waals surface area contributed by atoms with Gasteiger partial charge in [0.1, 0.15) is 0 Å². The molecule has 0 aliphatic heterocycles. The number of aromatic amines is 1. The number of nitrogens with zero attached hydrogens (tertiary/aromatic N) is 1. The van der Waals surface area contributed by atoms with Crippen molar-refractivity contribution in [1.82, 2.24) is 15.5 Å². The van der Waals surface area contributed by atoms with Crippen LogP contribution in [0.2, 0.25) is 0 Å². The summed E-state index contributed by atoms with van der Waals surface area (Å²) >= 11 is 1.74. The Kier molecular flexibility index (Phi) is 4.96. The predicted octanol–water partition coefficient (Wildman–Crippen LogP) is 3.66. The maximum absolute atomic E-state index is 4.16. The Hall–Kier alpha value is -1.13. The van der Waals surface area contributed by atoms with Crippen LogP contribution in [-0.2, 0) is 6.54 Å². The van der Waals surface area contributed by atoms with Crippen LogP contribution in [0, 0.1) is 5.92 Å². The highest BCUT2D eigenvalue weighted by Crippen LogP contribution is 2.25. The molecule has 18 heavy (non-hydrogen) atoms. The van der Waals surface area contributed by atoms with Crippen molar-refractivity contribution in [3.8, 4) is 10.6 Å². The smallest absolute Gasteiger partial charge is 0.0794 e. The summed E-state index contributed by atoms with van der Waals surface area (Å²) in [7, 11) is 0. The zero-order chi connectivity index (χ0) is 12.8. The van der Waals surface area contributed by atoms with Crippen LogP contribution < -0.4 is 5.32 Å². The van der Waals surface area contributed by atoms with Gasteiger partial charge < -0.3 is 5.32 Å². The lowest BCUT2D eigenvalue weighted by atomic mass is 10.0. The fourth-order valence-electron chi connectivity index (χ4n) is 2.07. The lowest BCUT2D eigenvalue weighted by Crippen LogP contribution is -2.21. The fourth-order valence-corrected chi connectivity index (χ4v) is 2.82. The molecule has 2 aromatic rings. The standard InChI is InChI=1S/C14H21N3S/c1-3-11(4-2)8-15-9-12-10-16-17-14(12)13-6-5-7-18-13/h5-7,10-11,15H,3-4,8-9H2,1-2H3,(H,16,17). The summed E-state index contributed by atoms with van der Waals surface area (Å²) < 4.78 is 0. The van der Waals surface area contributed by atoms with Gasteiger partial charge in [0.15, 0.2) is 0 Å². The molecule has 0 radical (unpaired) electrons. The first-order valence-corrected chi connectivity index (χ1v) is 7.49. The van der Waals surface area contributed by atoms with Gasteiger partial charge in [-0.05, 0) is 23.9 Å². The first kappa shape index (κ1) is 13.3. The molecule has 3 nitrogen and oxygen atoms in total. The minimum Gasteiger partial charge on any atom is -0.312 e. The Labute approximate surface area is 113 Å². The highest BCUT2D eigenvalue weighted by Gasteiger charge is 2.09. The first-order valence-electron chi connectivity index (χ1n) is 6.62. The van der Waals surface area contributed by atoms with Crippen LogP contribution in [0.15, 0.2) is 23.7 Å². The highest BCUT2D eigenvalue weighted by molar-refractivity contribution is 7.13. The molecule has 0 atom stereocenters. The second-order valence-corrected chi connectivity index (χ2v) is 5.51. The van der Waals surface area contributed by atoms with E-state index in [2.05, 4.69) is 46.9 Å². The third-order valence-electron chi connectivity index (χ3n) is 3.39. The lowest BCUT2D eigenvalue weighted by molar-refractivity contribution is 0.450. The van der Waals surface area contributed by atoms with Crippen molar-refractivity contribution in [2.45, 2.75) is 33.2 Å². The number of hydrogen-bond acceptors (Lipinski definition) is 3. The molecule has 2 heterocycles. The Morgan fingerprint density at radius 1 is 1.39 bits per heavy atom. The van der Waals surface area contributed by atoms with E-state index in [4.69, 9.17) is 0 Å². The van der Waals surface area contributed by atoms with Crippen LogP contribution in [0.1, 0.15) is 32.3 Å². The zero-order valence-electron chi connectivity index (χ0n) is 11.1. The van der Waals surface area contributed by atoms with Crippen molar-refractivity contribution in [2.24, 2.45) is 5.92 Å². The van der Waals surface area contributed by atoms with Gasteiger partial charge in [-0.3, -0.25) is 5.10 Å². The summed E-state index contributed by atoms with van der Waals surface area (Å²) in [5, 5.41) is 12.9. The minimum atomic E-state index is 0.780. The molecule has 0 saturated carbocycles. The quantitative estimate of drug-likeness (QED) is 0.800. The molecule has 98 valence electrons. The maximum atomic E-state index is 4.16. The molecular weight excluding hydrogens is 242 g/mol. The molecule has 0 amide bonds. The summed E-state index contributed by atoms with van der Waals surface area (Å²) in [6.45, 7) is 6.48. The summed E-state index contributed by atoms with van der Waals surface area (Å²) in [5.41, 5.74) is 2.41. The summed E-state index contributed by atoms with van der Waals surface area (Å²) in [6, 6.07) is 4.20. The van der Waals surface area contributed by atoms with Gasteiger partial charge in [0, 0.05) is 12.1 Å². The number of nitrogens with one attached hydrogen (secondary N) is 2. The van der Waals surface area contributed by atoms with E-state index in [9.17, 15) is 0 Å².